The number of carbonyl (C=O) groups excluding carboxylic acids is 2. The number of benzene rings is 1. The summed E-state index contributed by atoms with van der Waals surface area (Å²) in [6.07, 6.45) is 1.14. The lowest BCUT2D eigenvalue weighted by Crippen LogP contribution is -2.39. The normalized spacial score (nSPS) is 19.7. The Morgan fingerprint density at radius 1 is 1.41 bits per heavy atom. The second kappa shape index (κ2) is 5.36. The molecule has 0 N–H and O–H groups in total. The zero-order chi connectivity index (χ0) is 12.3. The molecule has 1 aromatic carbocycles. The number of thioether (sulfide) groups is 1. The van der Waals surface area contributed by atoms with Crippen molar-refractivity contribution in [1.82, 2.24) is 4.90 Å². The number of carbonyl (C=O) groups is 2. The average Bonchev–Trinajstić information content (AvgIpc) is 2.71. The average molecular weight is 249 g/mol. The number of hydrogen-bond acceptors (Lipinski definition) is 3. The molecule has 2 rings (SSSR count). The van der Waals surface area contributed by atoms with Gasteiger partial charge in [-0.25, -0.2) is 0 Å². The summed E-state index contributed by atoms with van der Waals surface area (Å²) in [5, 5.41) is -0.0993. The van der Waals surface area contributed by atoms with Gasteiger partial charge in [-0.3, -0.25) is 14.5 Å². The number of rotatable bonds is 3. The predicted molar refractivity (Wildman–Crippen MR) is 68.9 cm³/mol. The van der Waals surface area contributed by atoms with E-state index < -0.39 is 0 Å². The number of amides is 2. The van der Waals surface area contributed by atoms with Crippen LogP contribution in [0.15, 0.2) is 30.3 Å². The van der Waals surface area contributed by atoms with E-state index in [-0.39, 0.29) is 17.2 Å². The summed E-state index contributed by atoms with van der Waals surface area (Å²) >= 11 is 1.24. The maximum Gasteiger partial charge on any atom is 0.288 e. The molecule has 1 atom stereocenters. The highest BCUT2D eigenvalue weighted by Gasteiger charge is 2.35. The summed E-state index contributed by atoms with van der Waals surface area (Å²) in [7, 11) is 0. The molecule has 0 unspecified atom stereocenters. The van der Waals surface area contributed by atoms with Gasteiger partial charge in [-0.15, -0.1) is 0 Å². The highest BCUT2D eigenvalue weighted by Crippen LogP contribution is 2.26. The van der Waals surface area contributed by atoms with E-state index in [2.05, 4.69) is 0 Å². The van der Waals surface area contributed by atoms with Crippen molar-refractivity contribution in [2.75, 3.05) is 5.75 Å². The van der Waals surface area contributed by atoms with Crippen molar-refractivity contribution < 1.29 is 9.59 Å². The van der Waals surface area contributed by atoms with Crippen molar-refractivity contribution in [3.63, 3.8) is 0 Å². The fourth-order valence-electron chi connectivity index (χ4n) is 1.97. The fraction of sp³-hybridized carbons (Fsp3) is 0.385. The van der Waals surface area contributed by atoms with Crippen LogP contribution in [0, 0.1) is 0 Å². The van der Waals surface area contributed by atoms with Crippen LogP contribution < -0.4 is 0 Å². The zero-order valence-electron chi connectivity index (χ0n) is 9.76. The Hall–Kier alpha value is -1.29. The predicted octanol–water partition coefficient (Wildman–Crippen LogP) is 2.70. The number of hydrogen-bond donors (Lipinski definition) is 0. The molecule has 0 aromatic heterocycles. The van der Waals surface area contributed by atoms with Crippen LogP contribution in [0.4, 0.5) is 4.79 Å². The van der Waals surface area contributed by atoms with Gasteiger partial charge < -0.3 is 0 Å². The summed E-state index contributed by atoms with van der Waals surface area (Å²) in [6, 6.07) is 10.00. The standard InChI is InChI=1S/C13H15NO2S/c1-2-12(15)14-11(9-17-13(14)16)8-10-6-4-3-5-7-10/h3-7,11H,2,8-9H2,1H3/t11-/m0/s1. The first kappa shape index (κ1) is 12.2. The second-order valence-corrected chi connectivity index (χ2v) is 5.01. The van der Waals surface area contributed by atoms with Crippen LogP contribution in [-0.4, -0.2) is 27.8 Å². The molecule has 0 aliphatic carbocycles. The molecule has 3 nitrogen and oxygen atoms in total. The molecule has 4 heteroatoms. The van der Waals surface area contributed by atoms with E-state index in [9.17, 15) is 9.59 Å². The van der Waals surface area contributed by atoms with Crippen LogP contribution in [0.2, 0.25) is 0 Å². The number of imide groups is 1. The fourth-order valence-corrected chi connectivity index (χ4v) is 2.96. The van der Waals surface area contributed by atoms with Crippen LogP contribution in [0.1, 0.15) is 18.9 Å². The largest absolute Gasteiger partial charge is 0.288 e. The third kappa shape index (κ3) is 2.69. The van der Waals surface area contributed by atoms with E-state index in [1.54, 1.807) is 6.92 Å². The lowest BCUT2D eigenvalue weighted by atomic mass is 10.1. The molecule has 0 radical (unpaired) electrons. The molecule has 1 aliphatic heterocycles. The summed E-state index contributed by atoms with van der Waals surface area (Å²) in [4.78, 5) is 24.8. The summed E-state index contributed by atoms with van der Waals surface area (Å²) in [5.74, 6) is 0.639. The maximum absolute atomic E-state index is 11.7. The Labute approximate surface area is 105 Å². The molecule has 1 aromatic rings. The Kier molecular flexibility index (Phi) is 3.84. The maximum atomic E-state index is 11.7. The first-order chi connectivity index (χ1) is 8.22. The molecule has 2 amide bonds. The van der Waals surface area contributed by atoms with Gasteiger partial charge in [0.2, 0.25) is 5.91 Å². The van der Waals surface area contributed by atoms with Crippen molar-refractivity contribution >= 4 is 22.9 Å². The van der Waals surface area contributed by atoms with Gasteiger partial charge in [0, 0.05) is 12.2 Å². The van der Waals surface area contributed by atoms with Crippen LogP contribution in [0.25, 0.3) is 0 Å². The molecular formula is C13H15NO2S. The molecule has 0 saturated carbocycles. The summed E-state index contributed by atoms with van der Waals surface area (Å²) in [5.41, 5.74) is 1.17. The first-order valence-corrected chi connectivity index (χ1v) is 6.73. The van der Waals surface area contributed by atoms with Gasteiger partial charge in [0.15, 0.2) is 0 Å². The Bertz CT molecular complexity index is 419. The van der Waals surface area contributed by atoms with E-state index in [1.807, 2.05) is 30.3 Å². The van der Waals surface area contributed by atoms with Gasteiger partial charge in [-0.2, -0.15) is 0 Å². The van der Waals surface area contributed by atoms with E-state index in [0.29, 0.717) is 12.2 Å². The molecule has 0 spiro atoms. The van der Waals surface area contributed by atoms with E-state index in [0.717, 1.165) is 6.42 Å². The van der Waals surface area contributed by atoms with Crippen LogP contribution >= 0.6 is 11.8 Å². The minimum Gasteiger partial charge on any atom is -0.274 e. The van der Waals surface area contributed by atoms with Crippen molar-refractivity contribution in [3.05, 3.63) is 35.9 Å². The van der Waals surface area contributed by atoms with E-state index in [1.165, 1.54) is 22.2 Å². The van der Waals surface area contributed by atoms with Crippen molar-refractivity contribution in [2.45, 2.75) is 25.8 Å². The topological polar surface area (TPSA) is 37.4 Å². The summed E-state index contributed by atoms with van der Waals surface area (Å²) < 4.78 is 0. The lowest BCUT2D eigenvalue weighted by molar-refractivity contribution is -0.128. The molecule has 90 valence electrons. The second-order valence-electron chi connectivity index (χ2n) is 4.04. The van der Waals surface area contributed by atoms with E-state index in [4.69, 9.17) is 0 Å². The highest BCUT2D eigenvalue weighted by atomic mass is 32.2. The molecule has 1 saturated heterocycles. The highest BCUT2D eigenvalue weighted by molar-refractivity contribution is 8.14. The van der Waals surface area contributed by atoms with Gasteiger partial charge >= 0.3 is 0 Å². The molecule has 0 bridgehead atoms. The van der Waals surface area contributed by atoms with Gasteiger partial charge in [0.1, 0.15) is 0 Å². The van der Waals surface area contributed by atoms with Gasteiger partial charge in [0.05, 0.1) is 6.04 Å². The van der Waals surface area contributed by atoms with Crippen LogP contribution in [0.5, 0.6) is 0 Å². The Morgan fingerprint density at radius 2 is 2.12 bits per heavy atom. The molecule has 1 heterocycles. The van der Waals surface area contributed by atoms with Gasteiger partial charge in [-0.1, -0.05) is 49.0 Å². The smallest absolute Gasteiger partial charge is 0.274 e. The summed E-state index contributed by atoms with van der Waals surface area (Å²) in [6.45, 7) is 1.79. The van der Waals surface area contributed by atoms with Crippen molar-refractivity contribution in [1.29, 1.82) is 0 Å². The molecule has 17 heavy (non-hydrogen) atoms. The molecule has 1 fully saturated rings. The quantitative estimate of drug-likeness (QED) is 0.826. The first-order valence-electron chi connectivity index (χ1n) is 5.75. The molecular weight excluding hydrogens is 234 g/mol. The van der Waals surface area contributed by atoms with Crippen molar-refractivity contribution in [2.24, 2.45) is 0 Å². The third-order valence-electron chi connectivity index (χ3n) is 2.85. The van der Waals surface area contributed by atoms with Crippen LogP contribution in [0.3, 0.4) is 0 Å². The number of nitrogens with zero attached hydrogens (tertiary/aromatic N) is 1. The van der Waals surface area contributed by atoms with Crippen LogP contribution in [-0.2, 0) is 11.2 Å². The van der Waals surface area contributed by atoms with Gasteiger partial charge in [0.25, 0.3) is 5.24 Å². The Balaban J connectivity index is 2.10. The van der Waals surface area contributed by atoms with Crippen molar-refractivity contribution in [3.8, 4) is 0 Å². The minimum atomic E-state index is -0.0993. The zero-order valence-corrected chi connectivity index (χ0v) is 10.6. The molecule has 1 aliphatic rings. The SMILES string of the molecule is CCC(=O)N1C(=O)SC[C@@H]1Cc1ccccc1. The van der Waals surface area contributed by atoms with E-state index >= 15 is 0 Å². The van der Waals surface area contributed by atoms with Gasteiger partial charge in [-0.05, 0) is 12.0 Å². The third-order valence-corrected chi connectivity index (χ3v) is 3.84. The lowest BCUT2D eigenvalue weighted by Gasteiger charge is -2.21. The monoisotopic (exact) mass is 249 g/mol. The minimum absolute atomic E-state index is 0.0161. The Morgan fingerprint density at radius 3 is 2.76 bits per heavy atom.